The second kappa shape index (κ2) is 5.05. The molecule has 4 heteroatoms. The highest BCUT2D eigenvalue weighted by Crippen LogP contribution is 2.21. The van der Waals surface area contributed by atoms with Gasteiger partial charge in [0, 0.05) is 25.3 Å². The zero-order valence-electron chi connectivity index (χ0n) is 12.3. The lowest BCUT2D eigenvalue weighted by molar-refractivity contribution is 0.518. The highest BCUT2D eigenvalue weighted by atomic mass is 16.4. The Kier molecular flexibility index (Phi) is 3.22. The summed E-state index contributed by atoms with van der Waals surface area (Å²) < 4.78 is 5.35. The molecular weight excluding hydrogens is 264 g/mol. The maximum Gasteiger partial charge on any atom is 0.347 e. The molecule has 4 nitrogen and oxygen atoms in total. The van der Waals surface area contributed by atoms with E-state index in [1.807, 2.05) is 62.3 Å². The summed E-state index contributed by atoms with van der Waals surface area (Å²) in [6.45, 7) is 1.94. The standard InChI is InChI=1S/C17H16N2O2/c1-11-4-9-15-14(10-11)17(20)21-16(18-15)12-5-7-13(8-6-12)19(2)3/h4-10H,1-3H3. The van der Waals surface area contributed by atoms with E-state index in [1.54, 1.807) is 6.07 Å². The molecular formula is C17H16N2O2. The van der Waals surface area contributed by atoms with Crippen molar-refractivity contribution >= 4 is 16.6 Å². The molecule has 0 unspecified atom stereocenters. The lowest BCUT2D eigenvalue weighted by Crippen LogP contribution is -2.08. The van der Waals surface area contributed by atoms with Crippen LogP contribution in [0.15, 0.2) is 51.7 Å². The molecule has 21 heavy (non-hydrogen) atoms. The molecule has 0 saturated carbocycles. The Morgan fingerprint density at radius 2 is 1.76 bits per heavy atom. The van der Waals surface area contributed by atoms with Crippen LogP contribution in [0.25, 0.3) is 22.4 Å². The van der Waals surface area contributed by atoms with E-state index in [1.165, 1.54) is 0 Å². The van der Waals surface area contributed by atoms with E-state index < -0.39 is 0 Å². The highest BCUT2D eigenvalue weighted by molar-refractivity contribution is 5.79. The lowest BCUT2D eigenvalue weighted by Gasteiger charge is -2.12. The van der Waals surface area contributed by atoms with Crippen LogP contribution >= 0.6 is 0 Å². The Bertz CT molecular complexity index is 849. The topological polar surface area (TPSA) is 46.3 Å². The highest BCUT2D eigenvalue weighted by Gasteiger charge is 2.09. The van der Waals surface area contributed by atoms with Crippen LogP contribution in [-0.2, 0) is 0 Å². The van der Waals surface area contributed by atoms with Crippen molar-refractivity contribution < 1.29 is 4.42 Å². The predicted molar refractivity (Wildman–Crippen MR) is 84.8 cm³/mol. The van der Waals surface area contributed by atoms with E-state index >= 15 is 0 Å². The smallest absolute Gasteiger partial charge is 0.347 e. The molecule has 0 aliphatic carbocycles. The SMILES string of the molecule is Cc1ccc2nc(-c3ccc(N(C)C)cc3)oc(=O)c2c1. The Morgan fingerprint density at radius 3 is 2.43 bits per heavy atom. The molecule has 0 radical (unpaired) electrons. The van der Waals surface area contributed by atoms with Gasteiger partial charge >= 0.3 is 5.63 Å². The fourth-order valence-electron chi connectivity index (χ4n) is 2.21. The average Bonchev–Trinajstić information content (AvgIpc) is 2.48. The fourth-order valence-corrected chi connectivity index (χ4v) is 2.21. The predicted octanol–water partition coefficient (Wildman–Crippen LogP) is 3.23. The number of benzene rings is 2. The van der Waals surface area contributed by atoms with Crippen LogP contribution in [0.3, 0.4) is 0 Å². The van der Waals surface area contributed by atoms with Gasteiger partial charge in [-0.25, -0.2) is 9.78 Å². The Labute approximate surface area is 122 Å². The van der Waals surface area contributed by atoms with Gasteiger partial charge in [0.1, 0.15) is 0 Å². The van der Waals surface area contributed by atoms with Crippen LogP contribution in [0.2, 0.25) is 0 Å². The van der Waals surface area contributed by atoms with E-state index in [2.05, 4.69) is 4.98 Å². The third-order valence-corrected chi connectivity index (χ3v) is 3.41. The van der Waals surface area contributed by atoms with Crippen molar-refractivity contribution in [1.82, 2.24) is 4.98 Å². The van der Waals surface area contributed by atoms with Crippen molar-refractivity contribution in [2.75, 3.05) is 19.0 Å². The van der Waals surface area contributed by atoms with Crippen LogP contribution in [0, 0.1) is 6.92 Å². The van der Waals surface area contributed by atoms with Crippen LogP contribution in [-0.4, -0.2) is 19.1 Å². The number of aromatic nitrogens is 1. The van der Waals surface area contributed by atoms with Crippen molar-refractivity contribution in [3.8, 4) is 11.5 Å². The van der Waals surface area contributed by atoms with Crippen molar-refractivity contribution in [3.63, 3.8) is 0 Å². The molecule has 0 amide bonds. The van der Waals surface area contributed by atoms with Gasteiger partial charge < -0.3 is 9.32 Å². The largest absolute Gasteiger partial charge is 0.403 e. The molecule has 3 rings (SSSR count). The van der Waals surface area contributed by atoms with E-state index in [-0.39, 0.29) is 5.63 Å². The molecule has 0 N–H and O–H groups in total. The van der Waals surface area contributed by atoms with Gasteiger partial charge in [-0.15, -0.1) is 0 Å². The molecule has 1 heterocycles. The molecule has 0 spiro atoms. The minimum atomic E-state index is -0.351. The number of nitrogens with zero attached hydrogens (tertiary/aromatic N) is 2. The summed E-state index contributed by atoms with van der Waals surface area (Å²) in [5.74, 6) is 0.349. The first-order valence-electron chi connectivity index (χ1n) is 6.74. The van der Waals surface area contributed by atoms with Crippen LogP contribution < -0.4 is 10.5 Å². The maximum atomic E-state index is 12.1. The maximum absolute atomic E-state index is 12.1. The molecule has 0 aliphatic heterocycles. The first-order chi connectivity index (χ1) is 10.0. The van der Waals surface area contributed by atoms with Gasteiger partial charge in [0.2, 0.25) is 5.89 Å². The van der Waals surface area contributed by atoms with E-state index in [9.17, 15) is 4.79 Å². The van der Waals surface area contributed by atoms with Crippen molar-refractivity contribution in [1.29, 1.82) is 0 Å². The van der Waals surface area contributed by atoms with Crippen LogP contribution in [0.4, 0.5) is 5.69 Å². The monoisotopic (exact) mass is 280 g/mol. The zero-order valence-corrected chi connectivity index (χ0v) is 12.3. The quantitative estimate of drug-likeness (QED) is 0.723. The number of fused-ring (bicyclic) bond motifs is 1. The third-order valence-electron chi connectivity index (χ3n) is 3.41. The molecule has 0 bridgehead atoms. The number of anilines is 1. The number of hydrogen-bond acceptors (Lipinski definition) is 4. The summed E-state index contributed by atoms with van der Waals surface area (Å²) in [6.07, 6.45) is 0. The Hall–Kier alpha value is -2.62. The zero-order chi connectivity index (χ0) is 15.0. The van der Waals surface area contributed by atoms with Crippen LogP contribution in [0.1, 0.15) is 5.56 Å². The molecule has 106 valence electrons. The van der Waals surface area contributed by atoms with Crippen molar-refractivity contribution in [2.24, 2.45) is 0 Å². The molecule has 2 aromatic carbocycles. The molecule has 0 saturated heterocycles. The first-order valence-corrected chi connectivity index (χ1v) is 6.74. The Balaban J connectivity index is 2.12. The summed E-state index contributed by atoms with van der Waals surface area (Å²) in [4.78, 5) is 18.5. The second-order valence-corrected chi connectivity index (χ2v) is 5.27. The first kappa shape index (κ1) is 13.4. The van der Waals surface area contributed by atoms with Gasteiger partial charge in [-0.2, -0.15) is 0 Å². The minimum absolute atomic E-state index is 0.349. The fraction of sp³-hybridized carbons (Fsp3) is 0.176. The molecule has 0 atom stereocenters. The van der Waals surface area contributed by atoms with Gasteiger partial charge in [0.05, 0.1) is 10.9 Å². The second-order valence-electron chi connectivity index (χ2n) is 5.27. The van der Waals surface area contributed by atoms with Crippen LogP contribution in [0.5, 0.6) is 0 Å². The molecule has 0 aliphatic rings. The van der Waals surface area contributed by atoms with Crippen molar-refractivity contribution in [3.05, 3.63) is 58.4 Å². The lowest BCUT2D eigenvalue weighted by atomic mass is 10.1. The molecule has 0 fully saturated rings. The third kappa shape index (κ3) is 2.52. The van der Waals surface area contributed by atoms with E-state index in [0.29, 0.717) is 16.8 Å². The summed E-state index contributed by atoms with van der Waals surface area (Å²) in [5.41, 5.74) is 3.19. The molecule has 1 aromatic heterocycles. The molecule has 3 aromatic rings. The number of hydrogen-bond donors (Lipinski definition) is 0. The van der Waals surface area contributed by atoms with E-state index in [0.717, 1.165) is 16.8 Å². The Morgan fingerprint density at radius 1 is 1.05 bits per heavy atom. The van der Waals surface area contributed by atoms with E-state index in [4.69, 9.17) is 4.42 Å². The normalized spacial score (nSPS) is 10.8. The van der Waals surface area contributed by atoms with Gasteiger partial charge in [0.25, 0.3) is 0 Å². The number of rotatable bonds is 2. The van der Waals surface area contributed by atoms with Crippen molar-refractivity contribution in [2.45, 2.75) is 6.92 Å². The van der Waals surface area contributed by atoms with Gasteiger partial charge in [0.15, 0.2) is 0 Å². The van der Waals surface area contributed by atoms with Gasteiger partial charge in [-0.1, -0.05) is 11.6 Å². The summed E-state index contributed by atoms with van der Waals surface area (Å²) in [5, 5.41) is 0.517. The van der Waals surface area contributed by atoms with Gasteiger partial charge in [-0.05, 0) is 43.3 Å². The minimum Gasteiger partial charge on any atom is -0.403 e. The summed E-state index contributed by atoms with van der Waals surface area (Å²) >= 11 is 0. The van der Waals surface area contributed by atoms with Gasteiger partial charge in [-0.3, -0.25) is 0 Å². The summed E-state index contributed by atoms with van der Waals surface area (Å²) in [7, 11) is 3.96. The summed E-state index contributed by atoms with van der Waals surface area (Å²) in [6, 6.07) is 13.3. The average molecular weight is 280 g/mol. The number of aryl methyl sites for hydroxylation is 1.